The maximum absolute atomic E-state index is 13.0. The third kappa shape index (κ3) is 1.55. The molecule has 0 aromatic heterocycles. The zero-order valence-corrected chi connectivity index (χ0v) is 7.87. The minimum absolute atomic E-state index is 0.119. The molecule has 0 aromatic carbocycles. The SMILES string of the molecule is CN1C[C@H](F)C[C@H]1C(=O)N1CCC1. The van der Waals surface area contributed by atoms with E-state index in [0.29, 0.717) is 13.0 Å². The van der Waals surface area contributed by atoms with E-state index < -0.39 is 6.17 Å². The van der Waals surface area contributed by atoms with E-state index in [2.05, 4.69) is 0 Å². The first kappa shape index (κ1) is 8.94. The molecule has 0 aliphatic carbocycles. The predicted octanol–water partition coefficient (Wildman–Crippen LogP) is 0.261. The maximum atomic E-state index is 13.0. The summed E-state index contributed by atoms with van der Waals surface area (Å²) in [6.07, 6.45) is 0.660. The summed E-state index contributed by atoms with van der Waals surface area (Å²) < 4.78 is 13.0. The Morgan fingerprint density at radius 3 is 2.54 bits per heavy atom. The number of carbonyl (C=O) groups excluding carboxylic acids is 1. The summed E-state index contributed by atoms with van der Waals surface area (Å²) in [7, 11) is 1.82. The molecule has 4 heteroatoms. The Balaban J connectivity index is 1.95. The van der Waals surface area contributed by atoms with Gasteiger partial charge in [-0.15, -0.1) is 0 Å². The molecule has 0 N–H and O–H groups in total. The van der Waals surface area contributed by atoms with Crippen LogP contribution in [0.25, 0.3) is 0 Å². The van der Waals surface area contributed by atoms with Crippen molar-refractivity contribution in [3.63, 3.8) is 0 Å². The number of rotatable bonds is 1. The van der Waals surface area contributed by atoms with Gasteiger partial charge in [0.25, 0.3) is 0 Å². The second kappa shape index (κ2) is 3.25. The molecule has 74 valence electrons. The van der Waals surface area contributed by atoms with Crippen LogP contribution in [0.15, 0.2) is 0 Å². The fourth-order valence-electron chi connectivity index (χ4n) is 1.97. The molecule has 13 heavy (non-hydrogen) atoms. The van der Waals surface area contributed by atoms with Crippen molar-refractivity contribution in [2.24, 2.45) is 0 Å². The molecule has 2 heterocycles. The number of nitrogens with zero attached hydrogens (tertiary/aromatic N) is 2. The smallest absolute Gasteiger partial charge is 0.240 e. The Morgan fingerprint density at radius 1 is 1.46 bits per heavy atom. The first-order valence-electron chi connectivity index (χ1n) is 4.81. The van der Waals surface area contributed by atoms with Crippen molar-refractivity contribution < 1.29 is 9.18 Å². The minimum atomic E-state index is -0.819. The molecule has 2 fully saturated rings. The lowest BCUT2D eigenvalue weighted by Crippen LogP contribution is -2.50. The van der Waals surface area contributed by atoms with Gasteiger partial charge in [-0.3, -0.25) is 9.69 Å². The number of amides is 1. The number of hydrogen-bond donors (Lipinski definition) is 0. The summed E-state index contributed by atoms with van der Waals surface area (Å²) in [5.41, 5.74) is 0. The highest BCUT2D eigenvalue weighted by Gasteiger charge is 2.37. The molecule has 2 rings (SSSR count). The van der Waals surface area contributed by atoms with Crippen LogP contribution in [0.5, 0.6) is 0 Å². The molecule has 0 aromatic rings. The molecule has 1 amide bonds. The summed E-state index contributed by atoms with van der Waals surface area (Å²) in [6, 6.07) is -0.199. The largest absolute Gasteiger partial charge is 0.341 e. The Morgan fingerprint density at radius 2 is 2.15 bits per heavy atom. The van der Waals surface area contributed by atoms with Crippen LogP contribution in [0, 0.1) is 0 Å². The summed E-state index contributed by atoms with van der Waals surface area (Å²) in [5.74, 6) is 0.119. The predicted molar refractivity (Wildman–Crippen MR) is 47.1 cm³/mol. The number of alkyl halides is 1. The lowest BCUT2D eigenvalue weighted by Gasteiger charge is -2.34. The van der Waals surface area contributed by atoms with Crippen molar-refractivity contribution in [2.45, 2.75) is 25.1 Å². The molecule has 2 aliphatic heterocycles. The van der Waals surface area contributed by atoms with E-state index >= 15 is 0 Å². The number of likely N-dealkylation sites (N-methyl/N-ethyl adjacent to an activating group) is 1. The van der Waals surface area contributed by atoms with Gasteiger partial charge < -0.3 is 4.90 Å². The Bertz CT molecular complexity index is 218. The van der Waals surface area contributed by atoms with Gasteiger partial charge in [-0.2, -0.15) is 0 Å². The average Bonchev–Trinajstić information content (AvgIpc) is 2.26. The first-order valence-corrected chi connectivity index (χ1v) is 4.81. The zero-order valence-electron chi connectivity index (χ0n) is 7.87. The molecule has 0 bridgehead atoms. The fourth-order valence-corrected chi connectivity index (χ4v) is 1.97. The first-order chi connectivity index (χ1) is 6.18. The molecule has 2 atom stereocenters. The highest BCUT2D eigenvalue weighted by Crippen LogP contribution is 2.22. The van der Waals surface area contributed by atoms with E-state index in [9.17, 15) is 9.18 Å². The molecular formula is C9H15FN2O. The Kier molecular flexibility index (Phi) is 2.24. The van der Waals surface area contributed by atoms with E-state index in [1.807, 2.05) is 16.8 Å². The van der Waals surface area contributed by atoms with Crippen molar-refractivity contribution in [3.8, 4) is 0 Å². The normalized spacial score (nSPS) is 34.8. The van der Waals surface area contributed by atoms with Gasteiger partial charge >= 0.3 is 0 Å². The van der Waals surface area contributed by atoms with Gasteiger partial charge in [0, 0.05) is 26.1 Å². The fraction of sp³-hybridized carbons (Fsp3) is 0.889. The molecule has 0 radical (unpaired) electrons. The van der Waals surface area contributed by atoms with Gasteiger partial charge in [0.05, 0.1) is 6.04 Å². The van der Waals surface area contributed by atoms with Crippen LogP contribution < -0.4 is 0 Å². The van der Waals surface area contributed by atoms with Crippen LogP contribution in [0.1, 0.15) is 12.8 Å². The number of likely N-dealkylation sites (tertiary alicyclic amines) is 2. The van der Waals surface area contributed by atoms with Crippen molar-refractivity contribution in [1.82, 2.24) is 9.80 Å². The van der Waals surface area contributed by atoms with Crippen LogP contribution >= 0.6 is 0 Å². The van der Waals surface area contributed by atoms with Crippen LogP contribution in [0.2, 0.25) is 0 Å². The van der Waals surface area contributed by atoms with Crippen LogP contribution in [0.4, 0.5) is 4.39 Å². The Hall–Kier alpha value is -0.640. The highest BCUT2D eigenvalue weighted by atomic mass is 19.1. The van der Waals surface area contributed by atoms with E-state index in [-0.39, 0.29) is 11.9 Å². The number of hydrogen-bond acceptors (Lipinski definition) is 2. The Labute approximate surface area is 77.5 Å². The molecule has 0 saturated carbocycles. The summed E-state index contributed by atoms with van der Waals surface area (Å²) in [5, 5.41) is 0. The van der Waals surface area contributed by atoms with Crippen LogP contribution in [-0.2, 0) is 4.79 Å². The number of carbonyl (C=O) groups is 1. The molecule has 2 aliphatic rings. The van der Waals surface area contributed by atoms with Crippen molar-refractivity contribution in [2.75, 3.05) is 26.7 Å². The van der Waals surface area contributed by atoms with E-state index in [1.165, 1.54) is 0 Å². The third-order valence-corrected chi connectivity index (χ3v) is 2.95. The maximum Gasteiger partial charge on any atom is 0.240 e. The molecular weight excluding hydrogens is 171 g/mol. The van der Waals surface area contributed by atoms with Crippen molar-refractivity contribution >= 4 is 5.91 Å². The second-order valence-electron chi connectivity index (χ2n) is 3.97. The molecule has 0 unspecified atom stereocenters. The summed E-state index contributed by atoms with van der Waals surface area (Å²) in [6.45, 7) is 2.13. The lowest BCUT2D eigenvalue weighted by molar-refractivity contribution is -0.139. The van der Waals surface area contributed by atoms with Crippen LogP contribution in [-0.4, -0.2) is 54.6 Å². The second-order valence-corrected chi connectivity index (χ2v) is 3.97. The van der Waals surface area contributed by atoms with Gasteiger partial charge in [0.1, 0.15) is 6.17 Å². The standard InChI is InChI=1S/C9H15FN2O/c1-11-6-7(10)5-8(11)9(13)12-3-2-4-12/h7-8H,2-6H2,1H3/t7-,8+/m1/s1. The average molecular weight is 186 g/mol. The molecule has 3 nitrogen and oxygen atoms in total. The highest BCUT2D eigenvalue weighted by molar-refractivity contribution is 5.82. The van der Waals surface area contributed by atoms with Crippen molar-refractivity contribution in [1.29, 1.82) is 0 Å². The van der Waals surface area contributed by atoms with E-state index in [0.717, 1.165) is 19.5 Å². The molecule has 0 spiro atoms. The number of halogens is 1. The van der Waals surface area contributed by atoms with Gasteiger partial charge in [-0.05, 0) is 13.5 Å². The minimum Gasteiger partial charge on any atom is -0.341 e. The zero-order chi connectivity index (χ0) is 9.42. The topological polar surface area (TPSA) is 23.6 Å². The lowest BCUT2D eigenvalue weighted by atomic mass is 10.1. The van der Waals surface area contributed by atoms with Gasteiger partial charge in [0.2, 0.25) is 5.91 Å². The quantitative estimate of drug-likeness (QED) is 0.586. The monoisotopic (exact) mass is 186 g/mol. The third-order valence-electron chi connectivity index (χ3n) is 2.95. The van der Waals surface area contributed by atoms with Crippen molar-refractivity contribution in [3.05, 3.63) is 0 Å². The van der Waals surface area contributed by atoms with Crippen LogP contribution in [0.3, 0.4) is 0 Å². The van der Waals surface area contributed by atoms with Gasteiger partial charge in [0.15, 0.2) is 0 Å². The van der Waals surface area contributed by atoms with E-state index in [1.54, 1.807) is 0 Å². The van der Waals surface area contributed by atoms with Gasteiger partial charge in [-0.25, -0.2) is 4.39 Å². The van der Waals surface area contributed by atoms with E-state index in [4.69, 9.17) is 0 Å². The molecule has 2 saturated heterocycles. The summed E-state index contributed by atoms with van der Waals surface area (Å²) >= 11 is 0. The van der Waals surface area contributed by atoms with Gasteiger partial charge in [-0.1, -0.05) is 0 Å². The summed E-state index contributed by atoms with van der Waals surface area (Å²) in [4.78, 5) is 15.3.